The van der Waals surface area contributed by atoms with Crippen molar-refractivity contribution in [2.75, 3.05) is 6.61 Å². The Hall–Kier alpha value is -3.26. The summed E-state index contributed by atoms with van der Waals surface area (Å²) in [4.78, 5) is 49.4. The molecule has 1 fully saturated rings. The minimum Gasteiger partial charge on any atom is -0.431 e. The van der Waals surface area contributed by atoms with E-state index in [4.69, 9.17) is 30.1 Å². The molecular weight excluding hydrogens is 448 g/mol. The molecule has 11 heteroatoms. The van der Waals surface area contributed by atoms with E-state index in [1.807, 2.05) is 0 Å². The highest BCUT2D eigenvalue weighted by Gasteiger charge is 2.41. The second-order valence-electron chi connectivity index (χ2n) is 9.86. The average molecular weight is 481 g/mol. The summed E-state index contributed by atoms with van der Waals surface area (Å²) in [6.07, 6.45) is 2.05. The number of carbonyl (C=O) groups is 2. The molecule has 3 atom stereocenters. The van der Waals surface area contributed by atoms with Crippen LogP contribution < -0.4 is 11.2 Å². The Kier molecular flexibility index (Phi) is 8.21. The van der Waals surface area contributed by atoms with Gasteiger partial charge in [0.15, 0.2) is 0 Å². The highest BCUT2D eigenvalue weighted by atomic mass is 16.8. The van der Waals surface area contributed by atoms with Crippen LogP contribution in [0, 0.1) is 19.3 Å². The molecule has 11 nitrogen and oxygen atoms in total. The van der Waals surface area contributed by atoms with E-state index in [1.165, 1.54) is 17.7 Å². The van der Waals surface area contributed by atoms with E-state index in [2.05, 4.69) is 5.92 Å². The number of nitrogens with zero attached hydrogens (tertiary/aromatic N) is 2. The number of aromatic nitrogens is 2. The molecule has 1 aliphatic heterocycles. The topological polar surface area (TPSA) is 124 Å². The molecule has 2 rings (SSSR count). The molecule has 0 bridgehead atoms. The average Bonchev–Trinajstić information content (AvgIpc) is 3.05. The van der Waals surface area contributed by atoms with Crippen LogP contribution in [0.2, 0.25) is 0 Å². The molecule has 0 spiro atoms. The van der Waals surface area contributed by atoms with Gasteiger partial charge >= 0.3 is 18.0 Å². The van der Waals surface area contributed by atoms with Gasteiger partial charge in [0.25, 0.3) is 5.56 Å². The van der Waals surface area contributed by atoms with Crippen LogP contribution in [-0.2, 0) is 30.2 Å². The Morgan fingerprint density at radius 3 is 2.26 bits per heavy atom. The summed E-state index contributed by atoms with van der Waals surface area (Å²) in [6, 6.07) is 0. The van der Waals surface area contributed by atoms with Gasteiger partial charge in [-0.05, 0) is 48.5 Å². The zero-order valence-corrected chi connectivity index (χ0v) is 20.6. The third kappa shape index (κ3) is 7.38. The van der Waals surface area contributed by atoms with Crippen LogP contribution in [-0.4, -0.2) is 51.5 Å². The van der Waals surface area contributed by atoms with Crippen LogP contribution in [0.4, 0.5) is 9.59 Å². The summed E-state index contributed by atoms with van der Waals surface area (Å²) in [6.45, 7) is 11.1. The normalized spacial score (nSPS) is 20.4. The van der Waals surface area contributed by atoms with Crippen LogP contribution in [0.25, 0.3) is 0 Å². The number of hydrogen-bond donors (Lipinski definition) is 0. The fourth-order valence-electron chi connectivity index (χ4n) is 3.17. The fraction of sp³-hybridized carbons (Fsp3) is 0.652. The van der Waals surface area contributed by atoms with Crippen molar-refractivity contribution in [3.8, 4) is 12.3 Å². The standard InChI is InChI=1S/C23H32N2O9/c1-9-10-24-18(26)14(2)12-25(19(24)27)17-11-15(32-21(29)34-23(6,7)8)16(31-17)13-30-20(28)33-22(3,4)5/h1,12,15-17H,10-11,13H2,2-8H3/t15-,16?,17?/m0/s1. The van der Waals surface area contributed by atoms with Crippen molar-refractivity contribution in [2.45, 2.75) is 91.1 Å². The first-order valence-corrected chi connectivity index (χ1v) is 10.8. The predicted molar refractivity (Wildman–Crippen MR) is 120 cm³/mol. The van der Waals surface area contributed by atoms with E-state index in [1.54, 1.807) is 41.5 Å². The van der Waals surface area contributed by atoms with Crippen LogP contribution >= 0.6 is 0 Å². The number of aryl methyl sites for hydroxylation is 1. The fourth-order valence-corrected chi connectivity index (χ4v) is 3.17. The van der Waals surface area contributed by atoms with Gasteiger partial charge in [0.05, 0.1) is 6.54 Å². The Labute approximate surface area is 197 Å². The lowest BCUT2D eigenvalue weighted by molar-refractivity contribution is -0.0823. The van der Waals surface area contributed by atoms with Gasteiger partial charge in [-0.25, -0.2) is 19.0 Å². The molecule has 2 heterocycles. The van der Waals surface area contributed by atoms with Crippen molar-refractivity contribution in [1.82, 2.24) is 9.13 Å². The predicted octanol–water partition coefficient (Wildman–Crippen LogP) is 2.51. The summed E-state index contributed by atoms with van der Waals surface area (Å²) in [5.41, 5.74) is -2.47. The van der Waals surface area contributed by atoms with Crippen molar-refractivity contribution < 1.29 is 33.3 Å². The maximum Gasteiger partial charge on any atom is 0.509 e. The Balaban J connectivity index is 2.29. The first-order valence-electron chi connectivity index (χ1n) is 10.8. The van der Waals surface area contributed by atoms with Gasteiger partial charge in [0.2, 0.25) is 0 Å². The first kappa shape index (κ1) is 27.0. The lowest BCUT2D eigenvalue weighted by Crippen LogP contribution is -2.42. The van der Waals surface area contributed by atoms with Crippen molar-refractivity contribution in [3.05, 3.63) is 32.6 Å². The molecule has 1 aliphatic rings. The molecule has 0 N–H and O–H groups in total. The van der Waals surface area contributed by atoms with Crippen molar-refractivity contribution >= 4 is 12.3 Å². The maximum absolute atomic E-state index is 12.9. The molecule has 34 heavy (non-hydrogen) atoms. The summed E-state index contributed by atoms with van der Waals surface area (Å²) >= 11 is 0. The number of terminal acetylenes is 1. The van der Waals surface area contributed by atoms with E-state index in [0.717, 1.165) is 4.57 Å². The third-order valence-corrected chi connectivity index (χ3v) is 4.50. The molecule has 0 aliphatic carbocycles. The first-order chi connectivity index (χ1) is 15.6. The summed E-state index contributed by atoms with van der Waals surface area (Å²) in [5.74, 6) is 2.28. The molecule has 1 saturated heterocycles. The molecule has 1 aromatic rings. The van der Waals surface area contributed by atoms with Gasteiger partial charge in [-0.1, -0.05) is 5.92 Å². The maximum atomic E-state index is 12.9. The third-order valence-electron chi connectivity index (χ3n) is 4.50. The van der Waals surface area contributed by atoms with E-state index in [9.17, 15) is 19.2 Å². The van der Waals surface area contributed by atoms with Crippen LogP contribution in [0.15, 0.2) is 15.8 Å². The molecule has 0 aromatic carbocycles. The van der Waals surface area contributed by atoms with Crippen LogP contribution in [0.1, 0.15) is 59.8 Å². The molecule has 0 radical (unpaired) electrons. The minimum atomic E-state index is -0.940. The number of hydrogen-bond acceptors (Lipinski definition) is 9. The summed E-state index contributed by atoms with van der Waals surface area (Å²) in [7, 11) is 0. The van der Waals surface area contributed by atoms with Gasteiger partial charge in [-0.15, -0.1) is 6.42 Å². The molecular formula is C23H32N2O9. The molecule has 188 valence electrons. The molecule has 1 aromatic heterocycles. The van der Waals surface area contributed by atoms with Crippen LogP contribution in [0.5, 0.6) is 0 Å². The summed E-state index contributed by atoms with van der Waals surface area (Å²) in [5, 5.41) is 0. The van der Waals surface area contributed by atoms with Gasteiger partial charge < -0.3 is 23.7 Å². The number of carbonyl (C=O) groups excluding carboxylic acids is 2. The van der Waals surface area contributed by atoms with E-state index >= 15 is 0 Å². The highest BCUT2D eigenvalue weighted by molar-refractivity contribution is 5.61. The molecule has 0 amide bonds. The zero-order chi connectivity index (χ0) is 25.8. The Morgan fingerprint density at radius 2 is 1.71 bits per heavy atom. The van der Waals surface area contributed by atoms with Gasteiger partial charge in [-0.2, -0.15) is 0 Å². The number of rotatable bonds is 5. The van der Waals surface area contributed by atoms with Crippen LogP contribution in [0.3, 0.4) is 0 Å². The van der Waals surface area contributed by atoms with Gasteiger partial charge in [-0.3, -0.25) is 9.36 Å². The lowest BCUT2D eigenvalue weighted by atomic mass is 10.2. The Morgan fingerprint density at radius 1 is 1.12 bits per heavy atom. The van der Waals surface area contributed by atoms with Crippen molar-refractivity contribution in [1.29, 1.82) is 0 Å². The van der Waals surface area contributed by atoms with E-state index < -0.39 is 53.2 Å². The van der Waals surface area contributed by atoms with Crippen molar-refractivity contribution in [2.24, 2.45) is 0 Å². The second-order valence-corrected chi connectivity index (χ2v) is 9.86. The van der Waals surface area contributed by atoms with Gasteiger partial charge in [0, 0.05) is 18.2 Å². The summed E-state index contributed by atoms with van der Waals surface area (Å²) < 4.78 is 28.9. The van der Waals surface area contributed by atoms with Gasteiger partial charge in [0.1, 0.15) is 36.2 Å². The van der Waals surface area contributed by atoms with E-state index in [0.29, 0.717) is 0 Å². The smallest absolute Gasteiger partial charge is 0.431 e. The lowest BCUT2D eigenvalue weighted by Gasteiger charge is -2.23. The molecule has 0 saturated carbocycles. The molecule has 2 unspecified atom stereocenters. The van der Waals surface area contributed by atoms with E-state index in [-0.39, 0.29) is 25.1 Å². The zero-order valence-electron chi connectivity index (χ0n) is 20.6. The Bertz CT molecular complexity index is 1070. The van der Waals surface area contributed by atoms with Crippen molar-refractivity contribution in [3.63, 3.8) is 0 Å². The largest absolute Gasteiger partial charge is 0.509 e. The quantitative estimate of drug-likeness (QED) is 0.462. The minimum absolute atomic E-state index is 0.0369. The highest BCUT2D eigenvalue weighted by Crippen LogP contribution is 2.31. The SMILES string of the molecule is C#CCn1c(=O)c(C)cn(C2C[C@H](OC(=O)OC(C)(C)C)C(COC(=O)OC(C)(C)C)O2)c1=O. The second kappa shape index (κ2) is 10.3. The number of ether oxygens (including phenoxy) is 5. The monoisotopic (exact) mass is 480 g/mol.